The number of hydrogen-bond acceptors (Lipinski definition) is 5. The van der Waals surface area contributed by atoms with Gasteiger partial charge in [-0.15, -0.1) is 5.10 Å². The Hall–Kier alpha value is -2.70. The highest BCUT2D eigenvalue weighted by molar-refractivity contribution is 6.31. The van der Waals surface area contributed by atoms with Crippen LogP contribution in [0.4, 0.5) is 5.95 Å². The minimum atomic E-state index is 0.675. The van der Waals surface area contributed by atoms with E-state index in [0.29, 0.717) is 11.4 Å². The topological polar surface area (TPSA) is 58.4 Å². The fourth-order valence-corrected chi connectivity index (χ4v) is 3.70. The van der Waals surface area contributed by atoms with Gasteiger partial charge in [-0.3, -0.25) is 0 Å². The van der Waals surface area contributed by atoms with Gasteiger partial charge in [0.15, 0.2) is 11.5 Å². The normalized spacial score (nSPS) is 14.9. The van der Waals surface area contributed by atoms with Gasteiger partial charge in [0.2, 0.25) is 5.95 Å². The smallest absolute Gasteiger partial charge is 0.229 e. The summed E-state index contributed by atoms with van der Waals surface area (Å²) in [7, 11) is 0. The van der Waals surface area contributed by atoms with Gasteiger partial charge in [0, 0.05) is 43.0 Å². The summed E-state index contributed by atoms with van der Waals surface area (Å²) >= 11 is 6.24. The Bertz CT molecular complexity index is 1100. The van der Waals surface area contributed by atoms with E-state index >= 15 is 0 Å². The molecule has 1 N–H and O–H groups in total. The summed E-state index contributed by atoms with van der Waals surface area (Å²) in [6, 6.07) is 16.0. The predicted octanol–water partition coefficient (Wildman–Crippen LogP) is 2.93. The van der Waals surface area contributed by atoms with Crippen LogP contribution in [0.5, 0.6) is 0 Å². The molecule has 0 saturated carbocycles. The zero-order valence-electron chi connectivity index (χ0n) is 14.8. The first-order valence-electron chi connectivity index (χ1n) is 9.12. The fraction of sp³-hybridized carbons (Fsp3) is 0.250. The van der Waals surface area contributed by atoms with Gasteiger partial charge >= 0.3 is 0 Å². The molecule has 3 heterocycles. The molecule has 1 aliphatic heterocycles. The van der Waals surface area contributed by atoms with Crippen molar-refractivity contribution in [2.45, 2.75) is 6.42 Å². The van der Waals surface area contributed by atoms with Gasteiger partial charge in [-0.25, -0.2) is 9.97 Å². The van der Waals surface area contributed by atoms with Crippen molar-refractivity contribution in [3.05, 3.63) is 64.9 Å². The lowest BCUT2D eigenvalue weighted by Crippen LogP contribution is -2.44. The highest BCUT2D eigenvalue weighted by Gasteiger charge is 2.20. The summed E-state index contributed by atoms with van der Waals surface area (Å²) in [6.07, 6.45) is 0.686. The van der Waals surface area contributed by atoms with Gasteiger partial charge in [-0.1, -0.05) is 41.9 Å². The molecule has 0 atom stereocenters. The largest absolute Gasteiger partial charge is 0.338 e. The van der Waals surface area contributed by atoms with Crippen LogP contribution in [0.15, 0.2) is 48.5 Å². The fourth-order valence-electron chi connectivity index (χ4n) is 3.53. The van der Waals surface area contributed by atoms with Crippen LogP contribution in [0.2, 0.25) is 5.02 Å². The monoisotopic (exact) mass is 378 g/mol. The molecule has 1 saturated heterocycles. The Labute approximate surface area is 161 Å². The molecule has 0 radical (unpaired) electrons. The van der Waals surface area contributed by atoms with Crippen LogP contribution in [0.3, 0.4) is 0 Å². The van der Waals surface area contributed by atoms with E-state index < -0.39 is 0 Å². The average molecular weight is 379 g/mol. The molecule has 4 aromatic rings. The summed E-state index contributed by atoms with van der Waals surface area (Å²) in [5, 5.41) is 9.78. The number of rotatable bonds is 3. The second-order valence-electron chi connectivity index (χ2n) is 6.74. The van der Waals surface area contributed by atoms with Gasteiger partial charge in [-0.05, 0) is 23.8 Å². The molecular formula is C20H19ClN6. The van der Waals surface area contributed by atoms with Crippen LogP contribution in [0, 0.1) is 0 Å². The summed E-state index contributed by atoms with van der Waals surface area (Å²) in [5.74, 6) is 1.62. The van der Waals surface area contributed by atoms with Gasteiger partial charge in [-0.2, -0.15) is 4.52 Å². The molecule has 136 valence electrons. The number of benzene rings is 2. The van der Waals surface area contributed by atoms with E-state index in [-0.39, 0.29) is 0 Å². The Morgan fingerprint density at radius 3 is 2.63 bits per heavy atom. The number of piperazine rings is 1. The maximum absolute atomic E-state index is 6.24. The van der Waals surface area contributed by atoms with Crippen LogP contribution in [-0.2, 0) is 6.42 Å². The molecule has 27 heavy (non-hydrogen) atoms. The lowest BCUT2D eigenvalue weighted by molar-refractivity contribution is 0.574. The van der Waals surface area contributed by atoms with Crippen molar-refractivity contribution in [1.82, 2.24) is 24.9 Å². The molecule has 0 bridgehead atoms. The SMILES string of the molecule is Clc1ccc2nc(N3CCNCC3)n3nc(Cc4ccccc4)nc3c2c1. The second kappa shape index (κ2) is 6.79. The Morgan fingerprint density at radius 2 is 1.81 bits per heavy atom. The third-order valence-electron chi connectivity index (χ3n) is 4.87. The first-order valence-corrected chi connectivity index (χ1v) is 9.50. The molecule has 7 heteroatoms. The Balaban J connectivity index is 1.69. The number of nitrogens with one attached hydrogen (secondary N) is 1. The van der Waals surface area contributed by atoms with Gasteiger partial charge in [0.05, 0.1) is 5.52 Å². The molecule has 1 fully saturated rings. The number of hydrogen-bond donors (Lipinski definition) is 1. The number of anilines is 1. The maximum Gasteiger partial charge on any atom is 0.229 e. The lowest BCUT2D eigenvalue weighted by Gasteiger charge is -2.28. The first kappa shape index (κ1) is 16.5. The number of nitrogens with zero attached hydrogens (tertiary/aromatic N) is 5. The summed E-state index contributed by atoms with van der Waals surface area (Å²) in [4.78, 5) is 12.0. The molecule has 5 rings (SSSR count). The third kappa shape index (κ3) is 3.11. The molecule has 6 nitrogen and oxygen atoms in total. The van der Waals surface area contributed by atoms with Gasteiger partial charge in [0.25, 0.3) is 0 Å². The quantitative estimate of drug-likeness (QED) is 0.594. The molecule has 0 spiro atoms. The van der Waals surface area contributed by atoms with Gasteiger partial charge in [0.1, 0.15) is 0 Å². The minimum Gasteiger partial charge on any atom is -0.338 e. The summed E-state index contributed by atoms with van der Waals surface area (Å²) in [6.45, 7) is 3.67. The van der Waals surface area contributed by atoms with E-state index in [1.165, 1.54) is 5.56 Å². The zero-order valence-corrected chi connectivity index (χ0v) is 15.5. The first-order chi connectivity index (χ1) is 13.3. The summed E-state index contributed by atoms with van der Waals surface area (Å²) < 4.78 is 1.88. The standard InChI is InChI=1S/C20H19ClN6/c21-15-6-7-17-16(13-15)19-24-18(12-14-4-2-1-3-5-14)25-27(19)20(23-17)26-10-8-22-9-11-26/h1-7,13,22H,8-12H2. The highest BCUT2D eigenvalue weighted by Crippen LogP contribution is 2.26. The van der Waals surface area contributed by atoms with E-state index in [4.69, 9.17) is 26.7 Å². The molecule has 1 aliphatic rings. The van der Waals surface area contributed by atoms with Crippen molar-refractivity contribution >= 4 is 34.1 Å². The zero-order chi connectivity index (χ0) is 18.2. The molecule has 0 aliphatic carbocycles. The van der Waals surface area contributed by atoms with E-state index in [9.17, 15) is 0 Å². The van der Waals surface area contributed by atoms with Crippen molar-refractivity contribution in [3.63, 3.8) is 0 Å². The third-order valence-corrected chi connectivity index (χ3v) is 5.10. The Morgan fingerprint density at radius 1 is 1.00 bits per heavy atom. The van der Waals surface area contributed by atoms with E-state index in [0.717, 1.165) is 54.5 Å². The van der Waals surface area contributed by atoms with Crippen LogP contribution < -0.4 is 10.2 Å². The molecule has 0 unspecified atom stereocenters. The average Bonchev–Trinajstić information content (AvgIpc) is 3.13. The number of aromatic nitrogens is 4. The molecular weight excluding hydrogens is 360 g/mol. The number of halogens is 1. The lowest BCUT2D eigenvalue weighted by atomic mass is 10.1. The van der Waals surface area contributed by atoms with Crippen LogP contribution in [0.1, 0.15) is 11.4 Å². The molecule has 0 amide bonds. The predicted molar refractivity (Wildman–Crippen MR) is 108 cm³/mol. The highest BCUT2D eigenvalue weighted by atomic mass is 35.5. The van der Waals surface area contributed by atoms with E-state index in [2.05, 4.69) is 22.3 Å². The van der Waals surface area contributed by atoms with Crippen molar-refractivity contribution in [1.29, 1.82) is 0 Å². The van der Waals surface area contributed by atoms with Crippen LogP contribution in [0.25, 0.3) is 16.6 Å². The van der Waals surface area contributed by atoms with Crippen molar-refractivity contribution in [2.24, 2.45) is 0 Å². The molecule has 2 aromatic heterocycles. The van der Waals surface area contributed by atoms with Crippen LogP contribution >= 0.6 is 11.6 Å². The van der Waals surface area contributed by atoms with Crippen LogP contribution in [-0.4, -0.2) is 45.8 Å². The number of fused-ring (bicyclic) bond motifs is 3. The van der Waals surface area contributed by atoms with Crippen molar-refractivity contribution < 1.29 is 0 Å². The minimum absolute atomic E-state index is 0.675. The van der Waals surface area contributed by atoms with Crippen molar-refractivity contribution in [2.75, 3.05) is 31.1 Å². The second-order valence-corrected chi connectivity index (χ2v) is 7.17. The van der Waals surface area contributed by atoms with Crippen molar-refractivity contribution in [3.8, 4) is 0 Å². The molecule has 2 aromatic carbocycles. The van der Waals surface area contributed by atoms with E-state index in [1.807, 2.05) is 40.9 Å². The maximum atomic E-state index is 6.24. The Kier molecular flexibility index (Phi) is 4.14. The summed E-state index contributed by atoms with van der Waals surface area (Å²) in [5.41, 5.74) is 2.88. The van der Waals surface area contributed by atoms with Gasteiger partial charge < -0.3 is 10.2 Å². The van der Waals surface area contributed by atoms with E-state index in [1.54, 1.807) is 0 Å².